The van der Waals surface area contributed by atoms with Gasteiger partial charge in [-0.1, -0.05) is 29.5 Å². The van der Waals surface area contributed by atoms with Gasteiger partial charge in [-0.2, -0.15) is 0 Å². The molecular weight excluding hydrogens is 292 g/mol. The Balaban J connectivity index is 1.60. The number of hydrogen-bond acceptors (Lipinski definition) is 6. The van der Waals surface area contributed by atoms with Crippen molar-refractivity contribution < 1.29 is 14.6 Å². The highest BCUT2D eigenvalue weighted by atomic mass is 32.2. The lowest BCUT2D eigenvalue weighted by Gasteiger charge is -2.09. The third kappa shape index (κ3) is 3.15. The van der Waals surface area contributed by atoms with Gasteiger partial charge in [-0.25, -0.2) is 4.68 Å². The fraction of sp³-hybridized carbons (Fsp3) is 0.385. The summed E-state index contributed by atoms with van der Waals surface area (Å²) in [5.74, 6) is 0.633. The Morgan fingerprint density at radius 1 is 1.57 bits per heavy atom. The van der Waals surface area contributed by atoms with Crippen LogP contribution >= 0.6 is 11.8 Å². The van der Waals surface area contributed by atoms with Crippen LogP contribution in [0.15, 0.2) is 23.4 Å². The monoisotopic (exact) mass is 306 g/mol. The second-order valence-corrected chi connectivity index (χ2v) is 5.87. The molecule has 0 aliphatic carbocycles. The lowest BCUT2D eigenvalue weighted by molar-refractivity contribution is -0.138. The highest BCUT2D eigenvalue weighted by Crippen LogP contribution is 2.31. The molecule has 8 heteroatoms. The first-order valence-corrected chi connectivity index (χ1v) is 7.47. The Labute approximate surface area is 125 Å². The van der Waals surface area contributed by atoms with Crippen molar-refractivity contribution in [2.75, 3.05) is 5.75 Å². The van der Waals surface area contributed by atoms with E-state index in [1.54, 1.807) is 0 Å². The van der Waals surface area contributed by atoms with Gasteiger partial charge in [0.25, 0.3) is 0 Å². The number of rotatable bonds is 5. The number of benzene rings is 1. The number of carboxylic acid groups (broad SMARTS) is 1. The van der Waals surface area contributed by atoms with Gasteiger partial charge in [0.15, 0.2) is 0 Å². The fourth-order valence-electron chi connectivity index (χ4n) is 2.24. The number of aliphatic carboxylic acids is 1. The predicted molar refractivity (Wildman–Crippen MR) is 75.5 cm³/mol. The van der Waals surface area contributed by atoms with Crippen molar-refractivity contribution in [2.24, 2.45) is 0 Å². The van der Waals surface area contributed by atoms with Crippen molar-refractivity contribution in [1.82, 2.24) is 20.2 Å². The topological polar surface area (TPSA) is 90.1 Å². The van der Waals surface area contributed by atoms with Gasteiger partial charge in [0.2, 0.25) is 5.16 Å². The van der Waals surface area contributed by atoms with Crippen LogP contribution in [0, 0.1) is 6.92 Å². The molecule has 3 rings (SSSR count). The van der Waals surface area contributed by atoms with Gasteiger partial charge in [0.1, 0.15) is 18.4 Å². The number of aryl methyl sites for hydroxylation is 1. The molecule has 7 nitrogen and oxygen atoms in total. The molecule has 1 aromatic heterocycles. The summed E-state index contributed by atoms with van der Waals surface area (Å²) in [6, 6.07) is 6.15. The summed E-state index contributed by atoms with van der Waals surface area (Å²) in [7, 11) is 0. The molecule has 21 heavy (non-hydrogen) atoms. The van der Waals surface area contributed by atoms with Crippen LogP contribution in [-0.2, 0) is 17.8 Å². The molecule has 1 unspecified atom stereocenters. The van der Waals surface area contributed by atoms with Crippen LogP contribution in [-0.4, -0.2) is 43.1 Å². The third-order valence-electron chi connectivity index (χ3n) is 3.14. The summed E-state index contributed by atoms with van der Waals surface area (Å²) in [5, 5.41) is 20.3. The minimum Gasteiger partial charge on any atom is -0.489 e. The van der Waals surface area contributed by atoms with Crippen LogP contribution in [0.4, 0.5) is 0 Å². The summed E-state index contributed by atoms with van der Waals surface area (Å²) < 4.78 is 7.14. The molecule has 0 fully saturated rings. The summed E-state index contributed by atoms with van der Waals surface area (Å²) in [6.45, 7) is 1.82. The van der Waals surface area contributed by atoms with Crippen molar-refractivity contribution in [2.45, 2.75) is 31.1 Å². The lowest BCUT2D eigenvalue weighted by Crippen LogP contribution is -2.17. The maximum Gasteiger partial charge on any atom is 0.325 e. The van der Waals surface area contributed by atoms with E-state index >= 15 is 0 Å². The van der Waals surface area contributed by atoms with Crippen LogP contribution in [0.1, 0.15) is 11.1 Å². The van der Waals surface area contributed by atoms with E-state index in [2.05, 4.69) is 28.5 Å². The van der Waals surface area contributed by atoms with Crippen LogP contribution in [0.2, 0.25) is 0 Å². The first kappa shape index (κ1) is 13.9. The first-order chi connectivity index (χ1) is 10.1. The molecular formula is C13H14N4O3S. The third-order valence-corrected chi connectivity index (χ3v) is 4.23. The number of carbonyl (C=O) groups is 1. The van der Waals surface area contributed by atoms with E-state index in [4.69, 9.17) is 9.84 Å². The van der Waals surface area contributed by atoms with Gasteiger partial charge >= 0.3 is 5.97 Å². The molecule has 0 amide bonds. The van der Waals surface area contributed by atoms with E-state index in [0.29, 0.717) is 10.9 Å². The van der Waals surface area contributed by atoms with Gasteiger partial charge in [0.05, 0.1) is 0 Å². The standard InChI is InChI=1S/C13H14N4O3S/c1-8-2-3-11-9(4-8)5-10(20-11)7-21-13-14-15-16-17(13)6-12(18)19/h2-4,10H,5-7H2,1H3,(H,18,19). The minimum atomic E-state index is -0.968. The zero-order chi connectivity index (χ0) is 14.8. The summed E-state index contributed by atoms with van der Waals surface area (Å²) in [4.78, 5) is 10.7. The number of hydrogen-bond donors (Lipinski definition) is 1. The van der Waals surface area contributed by atoms with Crippen molar-refractivity contribution in [3.8, 4) is 5.75 Å². The smallest absolute Gasteiger partial charge is 0.325 e. The molecule has 0 spiro atoms. The number of thioether (sulfide) groups is 1. The van der Waals surface area contributed by atoms with Crippen LogP contribution in [0.3, 0.4) is 0 Å². The van der Waals surface area contributed by atoms with Gasteiger partial charge in [-0.15, -0.1) is 5.10 Å². The molecule has 0 saturated heterocycles. The highest BCUT2D eigenvalue weighted by Gasteiger charge is 2.24. The van der Waals surface area contributed by atoms with Gasteiger partial charge < -0.3 is 9.84 Å². The molecule has 1 N–H and O–H groups in total. The van der Waals surface area contributed by atoms with E-state index in [1.807, 2.05) is 12.1 Å². The first-order valence-electron chi connectivity index (χ1n) is 6.49. The molecule has 110 valence electrons. The van der Waals surface area contributed by atoms with Gasteiger partial charge in [0, 0.05) is 12.2 Å². The summed E-state index contributed by atoms with van der Waals surface area (Å²) in [6.07, 6.45) is 0.909. The van der Waals surface area contributed by atoms with Crippen LogP contribution < -0.4 is 4.74 Å². The number of aromatic nitrogens is 4. The minimum absolute atomic E-state index is 0.0572. The van der Waals surface area contributed by atoms with E-state index < -0.39 is 5.97 Å². The fourth-order valence-corrected chi connectivity index (χ4v) is 3.10. The average molecular weight is 306 g/mol. The molecule has 2 aromatic rings. The molecule has 1 atom stereocenters. The van der Waals surface area contributed by atoms with E-state index in [1.165, 1.54) is 27.6 Å². The maximum absolute atomic E-state index is 10.7. The number of carboxylic acids is 1. The van der Waals surface area contributed by atoms with Crippen molar-refractivity contribution >= 4 is 17.7 Å². The zero-order valence-electron chi connectivity index (χ0n) is 11.4. The number of ether oxygens (including phenoxy) is 1. The Bertz CT molecular complexity index is 673. The summed E-state index contributed by atoms with van der Waals surface area (Å²) in [5.41, 5.74) is 2.43. The second-order valence-electron chi connectivity index (χ2n) is 4.88. The largest absolute Gasteiger partial charge is 0.489 e. The molecule has 1 aliphatic rings. The Morgan fingerprint density at radius 3 is 3.24 bits per heavy atom. The lowest BCUT2D eigenvalue weighted by atomic mass is 10.1. The molecule has 0 bridgehead atoms. The number of fused-ring (bicyclic) bond motifs is 1. The normalized spacial score (nSPS) is 16.5. The average Bonchev–Trinajstić information content (AvgIpc) is 3.01. The highest BCUT2D eigenvalue weighted by molar-refractivity contribution is 7.99. The molecule has 0 saturated carbocycles. The van der Waals surface area contributed by atoms with Gasteiger partial charge in [-0.05, 0) is 29.0 Å². The molecule has 1 aromatic carbocycles. The Morgan fingerprint density at radius 2 is 2.43 bits per heavy atom. The zero-order valence-corrected chi connectivity index (χ0v) is 12.2. The molecule has 1 aliphatic heterocycles. The van der Waals surface area contributed by atoms with Crippen LogP contribution in [0.5, 0.6) is 5.75 Å². The molecule has 2 heterocycles. The van der Waals surface area contributed by atoms with Crippen molar-refractivity contribution in [3.05, 3.63) is 29.3 Å². The summed E-state index contributed by atoms with van der Waals surface area (Å²) >= 11 is 1.41. The molecule has 0 radical (unpaired) electrons. The Kier molecular flexibility index (Phi) is 3.78. The van der Waals surface area contributed by atoms with E-state index in [9.17, 15) is 4.79 Å². The quantitative estimate of drug-likeness (QED) is 0.829. The SMILES string of the molecule is Cc1ccc2c(c1)CC(CSc1nnnn1CC(=O)O)O2. The van der Waals surface area contributed by atoms with Gasteiger partial charge in [-0.3, -0.25) is 4.79 Å². The second kappa shape index (κ2) is 5.72. The van der Waals surface area contributed by atoms with Crippen LogP contribution in [0.25, 0.3) is 0 Å². The van der Waals surface area contributed by atoms with Crippen molar-refractivity contribution in [3.63, 3.8) is 0 Å². The maximum atomic E-state index is 10.7. The van der Waals surface area contributed by atoms with Crippen molar-refractivity contribution in [1.29, 1.82) is 0 Å². The number of tetrazole rings is 1. The Hall–Kier alpha value is -2.09. The number of nitrogens with zero attached hydrogens (tertiary/aromatic N) is 4. The predicted octanol–water partition coefficient (Wildman–Crippen LogP) is 1.16. The van der Waals surface area contributed by atoms with E-state index in [-0.39, 0.29) is 12.6 Å². The van der Waals surface area contributed by atoms with E-state index in [0.717, 1.165) is 12.2 Å².